The number of hydrogen-bond acceptors (Lipinski definition) is 5. The minimum atomic E-state index is -2.10. The van der Waals surface area contributed by atoms with E-state index in [1.165, 1.54) is 0 Å². The molecule has 0 aromatic heterocycles. The largest absolute Gasteiger partial charge is 0.411 e. The highest BCUT2D eigenvalue weighted by atomic mass is 28.4. The minimum Gasteiger partial charge on any atom is -0.411 e. The fourth-order valence-electron chi connectivity index (χ4n) is 4.37. The summed E-state index contributed by atoms with van der Waals surface area (Å²) in [6.45, 7) is 14.8. The van der Waals surface area contributed by atoms with Gasteiger partial charge in [0.2, 0.25) is 0 Å². The molecule has 0 unspecified atom stereocenters. The van der Waals surface area contributed by atoms with Crippen LogP contribution in [0.3, 0.4) is 0 Å². The van der Waals surface area contributed by atoms with Gasteiger partial charge in [-0.3, -0.25) is 0 Å². The molecule has 198 valence electrons. The molecule has 3 rings (SSSR count). The first kappa shape index (κ1) is 28.7. The number of benzene rings is 2. The third-order valence-corrected chi connectivity index (χ3v) is 12.2. The Morgan fingerprint density at radius 2 is 1.58 bits per heavy atom. The Morgan fingerprint density at radius 1 is 1.00 bits per heavy atom. The SMILES string of the molecule is CC(C)(C)[Si](C)(C)O[C@H]1C[C@@H](OCc2ccccc2)[C@](C)(CCCOCc2ccccc2)O[C@@H]1C=O. The summed E-state index contributed by atoms with van der Waals surface area (Å²) in [5.41, 5.74) is 1.67. The van der Waals surface area contributed by atoms with Crippen molar-refractivity contribution >= 4 is 14.6 Å². The molecular weight excluding hydrogens is 468 g/mol. The number of hydrogen-bond donors (Lipinski definition) is 0. The maximum atomic E-state index is 12.2. The van der Waals surface area contributed by atoms with Gasteiger partial charge in [-0.15, -0.1) is 0 Å². The Hall–Kier alpha value is -1.83. The van der Waals surface area contributed by atoms with Crippen molar-refractivity contribution < 1.29 is 23.4 Å². The molecule has 36 heavy (non-hydrogen) atoms. The molecule has 2 aromatic rings. The fourth-order valence-corrected chi connectivity index (χ4v) is 5.71. The van der Waals surface area contributed by atoms with Crippen molar-refractivity contribution in [1.29, 1.82) is 0 Å². The smallest absolute Gasteiger partial charge is 0.192 e. The van der Waals surface area contributed by atoms with E-state index in [0.29, 0.717) is 26.2 Å². The second kappa shape index (κ2) is 12.6. The monoisotopic (exact) mass is 512 g/mol. The number of carbonyl (C=O) groups excluding carboxylic acids is 1. The van der Waals surface area contributed by atoms with Gasteiger partial charge in [0, 0.05) is 13.0 Å². The highest BCUT2D eigenvalue weighted by Crippen LogP contribution is 2.42. The molecule has 1 fully saturated rings. The molecule has 5 nitrogen and oxygen atoms in total. The quantitative estimate of drug-likeness (QED) is 0.180. The fraction of sp³-hybridized carbons (Fsp3) is 0.567. The predicted octanol–water partition coefficient (Wildman–Crippen LogP) is 6.71. The topological polar surface area (TPSA) is 54.0 Å². The van der Waals surface area contributed by atoms with Crippen LogP contribution in [0.1, 0.15) is 58.1 Å². The zero-order valence-electron chi connectivity index (χ0n) is 22.9. The maximum absolute atomic E-state index is 12.2. The molecule has 0 amide bonds. The lowest BCUT2D eigenvalue weighted by atomic mass is 9.85. The highest BCUT2D eigenvalue weighted by molar-refractivity contribution is 6.74. The van der Waals surface area contributed by atoms with Gasteiger partial charge in [-0.25, -0.2) is 0 Å². The molecule has 1 aliphatic rings. The van der Waals surface area contributed by atoms with Gasteiger partial charge in [0.15, 0.2) is 14.6 Å². The summed E-state index contributed by atoms with van der Waals surface area (Å²) in [4.78, 5) is 12.2. The Balaban J connectivity index is 1.68. The van der Waals surface area contributed by atoms with E-state index in [2.05, 4.69) is 65.1 Å². The Kier molecular flexibility index (Phi) is 10.1. The molecule has 0 radical (unpaired) electrons. The van der Waals surface area contributed by atoms with Gasteiger partial charge in [-0.2, -0.15) is 0 Å². The maximum Gasteiger partial charge on any atom is 0.192 e. The molecule has 0 aliphatic carbocycles. The van der Waals surface area contributed by atoms with E-state index >= 15 is 0 Å². The summed E-state index contributed by atoms with van der Waals surface area (Å²) in [5, 5.41) is 0.0394. The molecule has 6 heteroatoms. The standard InChI is InChI=1S/C30H44O5Si/c1-29(2,3)36(5,6)35-26-20-28(33-23-25-16-11-8-12-17-25)30(4,34-27(26)21-31)18-13-19-32-22-24-14-9-7-10-15-24/h7-12,14-17,21,26-28H,13,18-20,22-23H2,1-6H3/t26-,27+,28+,30-/m0/s1. The van der Waals surface area contributed by atoms with Crippen LogP contribution in [-0.2, 0) is 36.6 Å². The Morgan fingerprint density at radius 3 is 2.14 bits per heavy atom. The van der Waals surface area contributed by atoms with Crippen LogP contribution in [-0.4, -0.2) is 45.1 Å². The van der Waals surface area contributed by atoms with E-state index in [0.717, 1.165) is 30.3 Å². The first-order chi connectivity index (χ1) is 17.0. The van der Waals surface area contributed by atoms with Crippen LogP contribution in [0.2, 0.25) is 18.1 Å². The minimum absolute atomic E-state index is 0.0394. The van der Waals surface area contributed by atoms with Gasteiger partial charge in [0.1, 0.15) is 6.10 Å². The molecule has 1 heterocycles. The van der Waals surface area contributed by atoms with Crippen LogP contribution in [0.15, 0.2) is 60.7 Å². The normalized spacial score (nSPS) is 25.0. The van der Waals surface area contributed by atoms with Crippen molar-refractivity contribution in [3.05, 3.63) is 71.8 Å². The lowest BCUT2D eigenvalue weighted by Crippen LogP contribution is -2.59. The van der Waals surface area contributed by atoms with Crippen molar-refractivity contribution in [2.24, 2.45) is 0 Å². The van der Waals surface area contributed by atoms with E-state index in [9.17, 15) is 4.79 Å². The van der Waals surface area contributed by atoms with Crippen LogP contribution in [0.25, 0.3) is 0 Å². The van der Waals surface area contributed by atoms with Crippen molar-refractivity contribution in [2.45, 2.75) is 102 Å². The van der Waals surface area contributed by atoms with Crippen molar-refractivity contribution in [3.8, 4) is 0 Å². The zero-order chi connectivity index (χ0) is 26.2. The average Bonchev–Trinajstić information content (AvgIpc) is 2.84. The van der Waals surface area contributed by atoms with E-state index in [4.69, 9.17) is 18.6 Å². The van der Waals surface area contributed by atoms with Gasteiger partial charge >= 0.3 is 0 Å². The molecular formula is C30H44O5Si. The number of carbonyl (C=O) groups is 1. The van der Waals surface area contributed by atoms with Crippen LogP contribution in [0.4, 0.5) is 0 Å². The molecule has 0 bridgehead atoms. The van der Waals surface area contributed by atoms with Crippen LogP contribution in [0.5, 0.6) is 0 Å². The molecule has 2 aromatic carbocycles. The van der Waals surface area contributed by atoms with Gasteiger partial charge < -0.3 is 23.4 Å². The number of ether oxygens (including phenoxy) is 3. The van der Waals surface area contributed by atoms with Crippen molar-refractivity contribution in [3.63, 3.8) is 0 Å². The first-order valence-electron chi connectivity index (χ1n) is 13.1. The van der Waals surface area contributed by atoms with E-state index < -0.39 is 20.0 Å². The van der Waals surface area contributed by atoms with Crippen LogP contribution >= 0.6 is 0 Å². The summed E-state index contributed by atoms with van der Waals surface area (Å²) in [6.07, 6.45) is 1.97. The molecule has 1 saturated heterocycles. The Labute approximate surface area is 218 Å². The van der Waals surface area contributed by atoms with Gasteiger partial charge in [0.25, 0.3) is 0 Å². The lowest BCUT2D eigenvalue weighted by molar-refractivity contribution is -0.227. The van der Waals surface area contributed by atoms with E-state index in [1.807, 2.05) is 36.4 Å². The third-order valence-electron chi connectivity index (χ3n) is 7.65. The summed E-state index contributed by atoms with van der Waals surface area (Å²) in [6, 6.07) is 20.4. The summed E-state index contributed by atoms with van der Waals surface area (Å²) in [5.74, 6) is 0. The Bertz CT molecular complexity index is 927. The average molecular weight is 513 g/mol. The zero-order valence-corrected chi connectivity index (χ0v) is 23.9. The highest BCUT2D eigenvalue weighted by Gasteiger charge is 2.49. The second-order valence-electron chi connectivity index (χ2n) is 11.6. The van der Waals surface area contributed by atoms with Crippen molar-refractivity contribution in [2.75, 3.05) is 6.61 Å². The number of rotatable bonds is 12. The molecule has 1 aliphatic heterocycles. The summed E-state index contributed by atoms with van der Waals surface area (Å²) in [7, 11) is -2.10. The summed E-state index contributed by atoms with van der Waals surface area (Å²) >= 11 is 0. The second-order valence-corrected chi connectivity index (χ2v) is 16.4. The van der Waals surface area contributed by atoms with Gasteiger partial charge in [-0.1, -0.05) is 81.4 Å². The van der Waals surface area contributed by atoms with Crippen LogP contribution in [0, 0.1) is 0 Å². The van der Waals surface area contributed by atoms with Gasteiger partial charge in [-0.05, 0) is 49.0 Å². The predicted molar refractivity (Wildman–Crippen MR) is 146 cm³/mol. The van der Waals surface area contributed by atoms with E-state index in [-0.39, 0.29) is 17.2 Å². The summed E-state index contributed by atoms with van der Waals surface area (Å²) < 4.78 is 25.6. The first-order valence-corrected chi connectivity index (χ1v) is 16.0. The van der Waals surface area contributed by atoms with Crippen molar-refractivity contribution in [1.82, 2.24) is 0 Å². The van der Waals surface area contributed by atoms with E-state index in [1.54, 1.807) is 0 Å². The number of aldehydes is 1. The third kappa shape index (κ3) is 7.83. The molecule has 4 atom stereocenters. The molecule has 0 saturated carbocycles. The molecule has 0 spiro atoms. The van der Waals surface area contributed by atoms with Gasteiger partial charge in [0.05, 0.1) is 31.0 Å². The van der Waals surface area contributed by atoms with Crippen LogP contribution < -0.4 is 0 Å². The molecule has 0 N–H and O–H groups in total. The lowest BCUT2D eigenvalue weighted by Gasteiger charge is -2.49.